The number of hydrogen-bond donors (Lipinski definition) is 1. The highest BCUT2D eigenvalue weighted by atomic mass is 16.5. The molecule has 0 aliphatic heterocycles. The molecule has 0 aliphatic carbocycles. The number of carbonyl (C=O) groups excluding carboxylic acids is 1. The second kappa shape index (κ2) is 10.2. The second-order valence-corrected chi connectivity index (χ2v) is 7.08. The van der Waals surface area contributed by atoms with Crippen LogP contribution in [0, 0.1) is 0 Å². The lowest BCUT2D eigenvalue weighted by molar-refractivity contribution is 0.0955. The third-order valence-electron chi connectivity index (χ3n) is 4.90. The monoisotopic (exact) mass is 442 g/mol. The molecule has 166 valence electrons. The Kier molecular flexibility index (Phi) is 6.70. The zero-order chi connectivity index (χ0) is 23.0. The maximum absolute atomic E-state index is 12.5. The number of rotatable bonds is 8. The third kappa shape index (κ3) is 5.40. The number of amides is 1. The Balaban J connectivity index is 1.34. The molecule has 1 aromatic heterocycles. The number of nitrogens with one attached hydrogen (secondary N) is 1. The number of aromatic nitrogens is 4. The molecule has 9 heteroatoms. The summed E-state index contributed by atoms with van der Waals surface area (Å²) in [5.74, 6) is 1.04. The lowest BCUT2D eigenvalue weighted by Crippen LogP contribution is -2.19. The predicted molar refractivity (Wildman–Crippen MR) is 123 cm³/mol. The zero-order valence-electron chi connectivity index (χ0n) is 18.2. The van der Waals surface area contributed by atoms with Crippen LogP contribution in [-0.4, -0.2) is 38.9 Å². The Morgan fingerprint density at radius 2 is 1.67 bits per heavy atom. The number of para-hydroxylation sites is 2. The number of methoxy groups -OCH3 is 1. The predicted octanol–water partition coefficient (Wildman–Crippen LogP) is 3.40. The number of hydrazone groups is 1. The van der Waals surface area contributed by atoms with Crippen molar-refractivity contribution in [2.75, 3.05) is 7.11 Å². The van der Waals surface area contributed by atoms with Gasteiger partial charge >= 0.3 is 0 Å². The van der Waals surface area contributed by atoms with Gasteiger partial charge in [0.15, 0.2) is 11.5 Å². The van der Waals surface area contributed by atoms with Crippen LogP contribution in [0.1, 0.15) is 28.4 Å². The molecular weight excluding hydrogens is 420 g/mol. The minimum absolute atomic E-state index is 0.295. The molecule has 1 amide bonds. The molecule has 1 N–H and O–H groups in total. The molecule has 0 atom stereocenters. The molecular formula is C24H22N6O3. The Bertz CT molecular complexity index is 1240. The first-order chi connectivity index (χ1) is 16.1. The summed E-state index contributed by atoms with van der Waals surface area (Å²) in [6.07, 6.45) is 1.52. The van der Waals surface area contributed by atoms with Gasteiger partial charge in [-0.3, -0.25) is 4.79 Å². The van der Waals surface area contributed by atoms with Crippen molar-refractivity contribution in [3.8, 4) is 17.2 Å². The highest BCUT2D eigenvalue weighted by Crippen LogP contribution is 2.26. The van der Waals surface area contributed by atoms with E-state index in [1.165, 1.54) is 6.33 Å². The van der Waals surface area contributed by atoms with Gasteiger partial charge in [0.25, 0.3) is 5.91 Å². The van der Waals surface area contributed by atoms with Crippen LogP contribution < -0.4 is 14.9 Å². The lowest BCUT2D eigenvalue weighted by Gasteiger charge is -2.10. The minimum atomic E-state index is -0.295. The van der Waals surface area contributed by atoms with Gasteiger partial charge in [-0.15, -0.1) is 5.10 Å². The van der Waals surface area contributed by atoms with Gasteiger partial charge in [-0.2, -0.15) is 5.10 Å². The number of hydrogen-bond acceptors (Lipinski definition) is 7. The Morgan fingerprint density at radius 3 is 2.33 bits per heavy atom. The number of nitrogens with zero attached hydrogens (tertiary/aromatic N) is 5. The van der Waals surface area contributed by atoms with E-state index in [1.54, 1.807) is 23.9 Å². The summed E-state index contributed by atoms with van der Waals surface area (Å²) in [7, 11) is 1.60. The van der Waals surface area contributed by atoms with Crippen LogP contribution in [0.5, 0.6) is 11.5 Å². The molecule has 0 spiro atoms. The first-order valence-electron chi connectivity index (χ1n) is 10.2. The maximum Gasteiger partial charge on any atom is 0.271 e. The zero-order valence-corrected chi connectivity index (χ0v) is 18.2. The summed E-state index contributed by atoms with van der Waals surface area (Å²) in [5.41, 5.74) is 6.40. The van der Waals surface area contributed by atoms with Crippen LogP contribution in [0.2, 0.25) is 0 Å². The van der Waals surface area contributed by atoms with E-state index in [0.717, 1.165) is 16.8 Å². The molecule has 4 rings (SSSR count). The molecule has 9 nitrogen and oxygen atoms in total. The van der Waals surface area contributed by atoms with Gasteiger partial charge in [-0.1, -0.05) is 36.4 Å². The van der Waals surface area contributed by atoms with Gasteiger partial charge in [0.1, 0.15) is 12.9 Å². The van der Waals surface area contributed by atoms with Gasteiger partial charge in [0, 0.05) is 5.56 Å². The van der Waals surface area contributed by atoms with Crippen LogP contribution in [0.25, 0.3) is 5.69 Å². The molecule has 1 heterocycles. The summed E-state index contributed by atoms with van der Waals surface area (Å²) in [6.45, 7) is 2.19. The fraction of sp³-hybridized carbons (Fsp3) is 0.125. The van der Waals surface area contributed by atoms with Gasteiger partial charge in [0.2, 0.25) is 0 Å². The number of benzene rings is 3. The van der Waals surface area contributed by atoms with Crippen LogP contribution in [0.3, 0.4) is 0 Å². The summed E-state index contributed by atoms with van der Waals surface area (Å²) in [5, 5.41) is 15.3. The molecule has 0 fully saturated rings. The molecule has 0 radical (unpaired) electrons. The second-order valence-electron chi connectivity index (χ2n) is 7.08. The average Bonchev–Trinajstić information content (AvgIpc) is 3.41. The van der Waals surface area contributed by atoms with Crippen LogP contribution in [0.15, 0.2) is 84.2 Å². The summed E-state index contributed by atoms with van der Waals surface area (Å²) in [4.78, 5) is 12.5. The maximum atomic E-state index is 12.5. The quantitative estimate of drug-likeness (QED) is 0.331. The van der Waals surface area contributed by atoms with E-state index in [2.05, 4.69) is 26.1 Å². The Morgan fingerprint density at radius 1 is 0.970 bits per heavy atom. The van der Waals surface area contributed by atoms with Crippen molar-refractivity contribution in [1.82, 2.24) is 25.6 Å². The summed E-state index contributed by atoms with van der Waals surface area (Å²) >= 11 is 0. The molecule has 0 saturated carbocycles. The highest BCUT2D eigenvalue weighted by Gasteiger charge is 2.07. The van der Waals surface area contributed by atoms with Gasteiger partial charge in [-0.25, -0.2) is 10.1 Å². The Hall–Kier alpha value is -4.53. The van der Waals surface area contributed by atoms with Crippen molar-refractivity contribution in [1.29, 1.82) is 0 Å². The molecule has 0 saturated heterocycles. The van der Waals surface area contributed by atoms with Crippen LogP contribution >= 0.6 is 0 Å². The first-order valence-corrected chi connectivity index (χ1v) is 10.2. The van der Waals surface area contributed by atoms with Crippen molar-refractivity contribution in [3.63, 3.8) is 0 Å². The van der Waals surface area contributed by atoms with Crippen molar-refractivity contribution < 1.29 is 14.3 Å². The van der Waals surface area contributed by atoms with E-state index in [9.17, 15) is 4.79 Å². The summed E-state index contributed by atoms with van der Waals surface area (Å²) < 4.78 is 12.7. The van der Waals surface area contributed by atoms with Crippen LogP contribution in [-0.2, 0) is 6.61 Å². The van der Waals surface area contributed by atoms with E-state index in [1.807, 2.05) is 67.6 Å². The van der Waals surface area contributed by atoms with Crippen LogP contribution in [0.4, 0.5) is 0 Å². The molecule has 4 aromatic rings. The van der Waals surface area contributed by atoms with Crippen molar-refractivity contribution in [3.05, 3.63) is 95.8 Å². The fourth-order valence-corrected chi connectivity index (χ4v) is 3.05. The number of tetrazole rings is 1. The van der Waals surface area contributed by atoms with Gasteiger partial charge in [-0.05, 0) is 64.9 Å². The average molecular weight is 442 g/mol. The lowest BCUT2D eigenvalue weighted by atomic mass is 10.1. The molecule has 3 aromatic carbocycles. The summed E-state index contributed by atoms with van der Waals surface area (Å²) in [6, 6.07) is 22.1. The smallest absolute Gasteiger partial charge is 0.271 e. The van der Waals surface area contributed by atoms with E-state index in [-0.39, 0.29) is 5.91 Å². The van der Waals surface area contributed by atoms with Crippen molar-refractivity contribution in [2.24, 2.45) is 5.10 Å². The minimum Gasteiger partial charge on any atom is -0.493 e. The first kappa shape index (κ1) is 21.7. The number of ether oxygens (including phenoxy) is 2. The Labute approximate surface area is 190 Å². The topological polar surface area (TPSA) is 104 Å². The molecule has 0 aliphatic rings. The number of carbonyl (C=O) groups is 1. The fourth-order valence-electron chi connectivity index (χ4n) is 3.05. The van der Waals surface area contributed by atoms with E-state index in [0.29, 0.717) is 29.4 Å². The normalized spacial score (nSPS) is 11.2. The standard InChI is InChI=1S/C24H22N6O3/c1-17(19-11-13-21(14-12-19)30-16-25-28-29-30)26-27-24(31)20-9-7-18(8-10-20)15-33-23-6-4-3-5-22(23)32-2/h3-14,16H,15H2,1-2H3,(H,27,31)/b26-17+. The van der Waals surface area contributed by atoms with E-state index >= 15 is 0 Å². The van der Waals surface area contributed by atoms with Gasteiger partial charge in [0.05, 0.1) is 18.5 Å². The molecule has 33 heavy (non-hydrogen) atoms. The van der Waals surface area contributed by atoms with Gasteiger partial charge < -0.3 is 9.47 Å². The SMILES string of the molecule is COc1ccccc1OCc1ccc(C(=O)N/N=C(\C)c2ccc(-n3cnnn3)cc2)cc1. The third-order valence-corrected chi connectivity index (χ3v) is 4.90. The largest absolute Gasteiger partial charge is 0.493 e. The molecule has 0 bridgehead atoms. The highest BCUT2D eigenvalue weighted by molar-refractivity contribution is 6.00. The van der Waals surface area contributed by atoms with E-state index < -0.39 is 0 Å². The molecule has 0 unspecified atom stereocenters. The van der Waals surface area contributed by atoms with Crippen molar-refractivity contribution >= 4 is 11.6 Å². The van der Waals surface area contributed by atoms with E-state index in [4.69, 9.17) is 9.47 Å². The van der Waals surface area contributed by atoms with Crippen molar-refractivity contribution in [2.45, 2.75) is 13.5 Å².